The molecule has 20 heavy (non-hydrogen) atoms. The van der Waals surface area contributed by atoms with Gasteiger partial charge in [0.05, 0.1) is 11.1 Å². The molecule has 0 aliphatic carbocycles. The lowest BCUT2D eigenvalue weighted by Gasteiger charge is -2.09. The van der Waals surface area contributed by atoms with E-state index in [1.807, 2.05) is 0 Å². The van der Waals surface area contributed by atoms with Crippen LogP contribution < -0.4 is 15.4 Å². The second-order valence-electron chi connectivity index (χ2n) is 3.66. The van der Waals surface area contributed by atoms with Crippen molar-refractivity contribution in [2.45, 2.75) is 0 Å². The average Bonchev–Trinajstić information content (AvgIpc) is 2.38. The normalized spacial score (nSPS) is 9.95. The van der Waals surface area contributed by atoms with Crippen LogP contribution in [0.25, 0.3) is 0 Å². The molecule has 0 atom stereocenters. The van der Waals surface area contributed by atoms with Crippen LogP contribution in [0.15, 0.2) is 22.7 Å². The van der Waals surface area contributed by atoms with Gasteiger partial charge < -0.3 is 14.8 Å². The van der Waals surface area contributed by atoms with Crippen molar-refractivity contribution in [2.24, 2.45) is 0 Å². The van der Waals surface area contributed by atoms with Crippen molar-refractivity contribution < 1.29 is 23.5 Å². The maximum Gasteiger partial charge on any atom is 0.321 e. The third kappa shape index (κ3) is 5.98. The Balaban J connectivity index is 2.34. The zero-order valence-corrected chi connectivity index (χ0v) is 12.3. The van der Waals surface area contributed by atoms with Gasteiger partial charge >= 0.3 is 6.03 Å². The van der Waals surface area contributed by atoms with Crippen molar-refractivity contribution in [3.05, 3.63) is 28.5 Å². The van der Waals surface area contributed by atoms with E-state index in [0.29, 0.717) is 23.4 Å². The summed E-state index contributed by atoms with van der Waals surface area (Å²) in [6, 6.07) is 3.17. The van der Waals surface area contributed by atoms with Gasteiger partial charge in [0.1, 0.15) is 11.6 Å². The van der Waals surface area contributed by atoms with Gasteiger partial charge in [-0.05, 0) is 34.1 Å². The SMILES string of the molecule is COCCNC(=O)NC(=O)COc1ccc(F)cc1Br. The minimum atomic E-state index is -0.631. The minimum absolute atomic E-state index is 0.292. The molecule has 0 saturated heterocycles. The molecule has 1 aromatic carbocycles. The quantitative estimate of drug-likeness (QED) is 0.762. The van der Waals surface area contributed by atoms with Crippen molar-refractivity contribution >= 4 is 27.9 Å². The number of amides is 3. The van der Waals surface area contributed by atoms with Gasteiger partial charge in [-0.15, -0.1) is 0 Å². The highest BCUT2D eigenvalue weighted by Gasteiger charge is 2.09. The van der Waals surface area contributed by atoms with Gasteiger partial charge in [0.25, 0.3) is 5.91 Å². The molecule has 0 aliphatic heterocycles. The molecule has 1 aromatic rings. The summed E-state index contributed by atoms with van der Waals surface area (Å²) >= 11 is 3.10. The number of imide groups is 1. The lowest BCUT2D eigenvalue weighted by Crippen LogP contribution is -2.42. The summed E-state index contributed by atoms with van der Waals surface area (Å²) in [5, 5.41) is 4.50. The fourth-order valence-corrected chi connectivity index (χ4v) is 1.67. The Morgan fingerprint density at radius 3 is 2.80 bits per heavy atom. The van der Waals surface area contributed by atoms with E-state index in [2.05, 4.69) is 26.6 Å². The van der Waals surface area contributed by atoms with Crippen molar-refractivity contribution in [1.82, 2.24) is 10.6 Å². The van der Waals surface area contributed by atoms with E-state index >= 15 is 0 Å². The van der Waals surface area contributed by atoms with Gasteiger partial charge in [-0.2, -0.15) is 0 Å². The van der Waals surface area contributed by atoms with Gasteiger partial charge in [0.15, 0.2) is 6.61 Å². The van der Waals surface area contributed by atoms with Crippen LogP contribution in [-0.2, 0) is 9.53 Å². The van der Waals surface area contributed by atoms with Crippen LogP contribution in [0.1, 0.15) is 0 Å². The zero-order valence-electron chi connectivity index (χ0n) is 10.7. The molecule has 3 amide bonds. The number of halogens is 2. The van der Waals surface area contributed by atoms with Crippen molar-refractivity contribution in [1.29, 1.82) is 0 Å². The Morgan fingerprint density at radius 2 is 2.15 bits per heavy atom. The van der Waals surface area contributed by atoms with Crippen LogP contribution in [0.5, 0.6) is 5.75 Å². The topological polar surface area (TPSA) is 76.7 Å². The number of rotatable bonds is 6. The molecule has 0 bridgehead atoms. The molecule has 0 spiro atoms. The highest BCUT2D eigenvalue weighted by atomic mass is 79.9. The summed E-state index contributed by atoms with van der Waals surface area (Å²) < 4.78 is 23.1. The Hall–Kier alpha value is -1.67. The van der Waals surface area contributed by atoms with Crippen LogP contribution >= 0.6 is 15.9 Å². The third-order valence-corrected chi connectivity index (χ3v) is 2.72. The zero-order chi connectivity index (χ0) is 15.0. The second kappa shape index (κ2) is 8.49. The molecule has 1 rings (SSSR count). The van der Waals surface area contributed by atoms with Crippen LogP contribution in [0, 0.1) is 5.82 Å². The number of benzene rings is 1. The van der Waals surface area contributed by atoms with Crippen molar-refractivity contribution in [3.8, 4) is 5.75 Å². The first-order valence-corrected chi connectivity index (χ1v) is 6.46. The average molecular weight is 349 g/mol. The molecule has 0 saturated carbocycles. The molecule has 0 fully saturated rings. The number of carbonyl (C=O) groups is 2. The summed E-state index contributed by atoms with van der Waals surface area (Å²) in [6.45, 7) is 0.280. The first kappa shape index (κ1) is 16.4. The van der Waals surface area contributed by atoms with E-state index in [-0.39, 0.29) is 6.61 Å². The summed E-state index contributed by atoms with van der Waals surface area (Å²) in [5.41, 5.74) is 0. The van der Waals surface area contributed by atoms with Gasteiger partial charge in [-0.1, -0.05) is 0 Å². The maximum atomic E-state index is 12.8. The number of hydrogen-bond acceptors (Lipinski definition) is 4. The second-order valence-corrected chi connectivity index (χ2v) is 4.51. The van der Waals surface area contributed by atoms with E-state index in [1.165, 1.54) is 25.3 Å². The molecular weight excluding hydrogens is 335 g/mol. The molecule has 8 heteroatoms. The molecule has 2 N–H and O–H groups in total. The molecular formula is C12H14BrFN2O4. The molecule has 0 heterocycles. The molecule has 0 unspecified atom stereocenters. The van der Waals surface area contributed by atoms with Crippen LogP contribution in [0.2, 0.25) is 0 Å². The first-order chi connectivity index (χ1) is 9.52. The highest BCUT2D eigenvalue weighted by Crippen LogP contribution is 2.25. The fraction of sp³-hybridized carbons (Fsp3) is 0.333. The number of nitrogens with one attached hydrogen (secondary N) is 2. The van der Waals surface area contributed by atoms with Gasteiger partial charge in [-0.25, -0.2) is 9.18 Å². The number of methoxy groups -OCH3 is 1. The monoisotopic (exact) mass is 348 g/mol. The van der Waals surface area contributed by atoms with Gasteiger partial charge in [0.2, 0.25) is 0 Å². The molecule has 0 aromatic heterocycles. The lowest BCUT2D eigenvalue weighted by atomic mass is 10.3. The molecule has 6 nitrogen and oxygen atoms in total. The largest absolute Gasteiger partial charge is 0.483 e. The summed E-state index contributed by atoms with van der Waals surface area (Å²) in [6.07, 6.45) is 0. The van der Waals surface area contributed by atoms with Gasteiger partial charge in [-0.3, -0.25) is 10.1 Å². The van der Waals surface area contributed by atoms with Crippen molar-refractivity contribution in [3.63, 3.8) is 0 Å². The summed E-state index contributed by atoms with van der Waals surface area (Å²) in [7, 11) is 1.50. The molecule has 110 valence electrons. The molecule has 0 aliphatic rings. The minimum Gasteiger partial charge on any atom is -0.483 e. The number of carbonyl (C=O) groups excluding carboxylic acids is 2. The Labute approximate surface area is 123 Å². The van der Waals surface area contributed by atoms with E-state index < -0.39 is 17.8 Å². The predicted octanol–water partition coefficient (Wildman–Crippen LogP) is 1.44. The Bertz CT molecular complexity index is 485. The first-order valence-electron chi connectivity index (χ1n) is 5.67. The van der Waals surface area contributed by atoms with E-state index in [4.69, 9.17) is 9.47 Å². The van der Waals surface area contributed by atoms with Gasteiger partial charge in [0, 0.05) is 13.7 Å². The number of ether oxygens (including phenoxy) is 2. The summed E-state index contributed by atoms with van der Waals surface area (Å²) in [4.78, 5) is 22.7. The number of urea groups is 1. The predicted molar refractivity (Wildman–Crippen MR) is 73.0 cm³/mol. The summed E-state index contributed by atoms with van der Waals surface area (Å²) in [5.74, 6) is -0.733. The van der Waals surface area contributed by atoms with Crippen LogP contribution in [0.4, 0.5) is 9.18 Å². The van der Waals surface area contributed by atoms with E-state index in [1.54, 1.807) is 0 Å². The van der Waals surface area contributed by atoms with E-state index in [0.717, 1.165) is 0 Å². The van der Waals surface area contributed by atoms with Crippen molar-refractivity contribution in [2.75, 3.05) is 26.9 Å². The maximum absolute atomic E-state index is 12.8. The standard InChI is InChI=1S/C12H14BrFN2O4/c1-19-5-4-15-12(18)16-11(17)7-20-10-3-2-8(14)6-9(10)13/h2-3,6H,4-5,7H2,1H3,(H2,15,16,17,18). The van der Waals surface area contributed by atoms with E-state index in [9.17, 15) is 14.0 Å². The van der Waals surface area contributed by atoms with Crippen LogP contribution in [0.3, 0.4) is 0 Å². The Morgan fingerprint density at radius 1 is 1.40 bits per heavy atom. The fourth-order valence-electron chi connectivity index (χ4n) is 1.21. The third-order valence-electron chi connectivity index (χ3n) is 2.10. The molecule has 0 radical (unpaired) electrons. The Kier molecular flexibility index (Phi) is 6.96. The lowest BCUT2D eigenvalue weighted by molar-refractivity contribution is -0.122. The highest BCUT2D eigenvalue weighted by molar-refractivity contribution is 9.10. The number of hydrogen-bond donors (Lipinski definition) is 2. The van der Waals surface area contributed by atoms with Crippen LogP contribution in [-0.4, -0.2) is 38.8 Å². The smallest absolute Gasteiger partial charge is 0.321 e.